The van der Waals surface area contributed by atoms with Crippen molar-refractivity contribution in [1.82, 2.24) is 4.98 Å². The lowest BCUT2D eigenvalue weighted by Gasteiger charge is -2.20. The van der Waals surface area contributed by atoms with Crippen molar-refractivity contribution in [1.29, 1.82) is 0 Å². The van der Waals surface area contributed by atoms with Gasteiger partial charge in [-0.25, -0.2) is 9.78 Å². The van der Waals surface area contributed by atoms with Crippen molar-refractivity contribution in [2.75, 3.05) is 6.61 Å². The number of carbonyl (C=O) groups excluding carboxylic acids is 1. The zero-order chi connectivity index (χ0) is 26.1. The highest BCUT2D eigenvalue weighted by molar-refractivity contribution is 6.32. The number of pyridine rings is 1. The van der Waals surface area contributed by atoms with Crippen LogP contribution in [0.4, 0.5) is 13.2 Å². The second-order valence-corrected chi connectivity index (χ2v) is 8.45. The van der Waals surface area contributed by atoms with Crippen LogP contribution in [0.5, 0.6) is 5.75 Å². The summed E-state index contributed by atoms with van der Waals surface area (Å²) in [5.74, 6) is 0.0867. The molecule has 0 radical (unpaired) electrons. The van der Waals surface area contributed by atoms with Crippen LogP contribution in [0, 0.1) is 0 Å². The highest BCUT2D eigenvalue weighted by Crippen LogP contribution is 2.32. The minimum atomic E-state index is -4.39. The van der Waals surface area contributed by atoms with Gasteiger partial charge in [-0.1, -0.05) is 43.1 Å². The molecule has 4 nitrogen and oxygen atoms in total. The molecule has 36 heavy (non-hydrogen) atoms. The molecule has 8 heteroatoms. The molecule has 0 fully saturated rings. The number of esters is 1. The Hall–Kier alpha value is -3.32. The molecule has 190 valence electrons. The van der Waals surface area contributed by atoms with E-state index in [0.717, 1.165) is 25.0 Å². The number of rotatable bonds is 10. The van der Waals surface area contributed by atoms with Crippen LogP contribution in [0.1, 0.15) is 56.0 Å². The Bertz CT molecular complexity index is 1190. The number of unbranched alkanes of at least 4 members (excludes halogenated alkanes) is 1. The highest BCUT2D eigenvalue weighted by Gasteiger charge is 2.30. The quantitative estimate of drug-likeness (QED) is 0.200. The zero-order valence-corrected chi connectivity index (χ0v) is 20.8. The molecule has 0 aliphatic rings. The third kappa shape index (κ3) is 7.59. The van der Waals surface area contributed by atoms with E-state index in [9.17, 15) is 18.0 Å². The number of hydrogen-bond acceptors (Lipinski definition) is 4. The van der Waals surface area contributed by atoms with Crippen molar-refractivity contribution >= 4 is 23.6 Å². The van der Waals surface area contributed by atoms with Gasteiger partial charge in [-0.3, -0.25) is 0 Å². The van der Waals surface area contributed by atoms with E-state index in [1.807, 2.05) is 12.1 Å². The third-order valence-electron chi connectivity index (χ3n) is 5.36. The Morgan fingerprint density at radius 1 is 1.08 bits per heavy atom. The number of nitrogens with zero attached hydrogens (tertiary/aromatic N) is 1. The van der Waals surface area contributed by atoms with E-state index in [4.69, 9.17) is 21.1 Å². The lowest BCUT2D eigenvalue weighted by molar-refractivity contribution is -0.138. The van der Waals surface area contributed by atoms with Gasteiger partial charge in [0.1, 0.15) is 11.9 Å². The first kappa shape index (κ1) is 27.3. The summed E-state index contributed by atoms with van der Waals surface area (Å²) in [4.78, 5) is 16.2. The van der Waals surface area contributed by atoms with Crippen LogP contribution in [-0.2, 0) is 15.7 Å². The van der Waals surface area contributed by atoms with Crippen LogP contribution < -0.4 is 4.74 Å². The molecule has 0 saturated carbocycles. The summed E-state index contributed by atoms with van der Waals surface area (Å²) in [5.41, 5.74) is 1.75. The standard InChI is InChI=1S/C28H27ClF3NO3/c1-3-5-9-26(36-22-16-12-19(23(29)18-22)13-17-27(34)35-4-2)25-8-6-7-24(33-25)20-10-14-21(15-11-20)28(30,31)32/h6-8,10-18,26H,3-5,9H2,1-2H3/t26-/m0/s1. The van der Waals surface area contributed by atoms with Crippen LogP contribution in [-0.4, -0.2) is 17.6 Å². The first-order valence-electron chi connectivity index (χ1n) is 11.7. The van der Waals surface area contributed by atoms with E-state index in [2.05, 4.69) is 11.9 Å². The topological polar surface area (TPSA) is 48.4 Å². The van der Waals surface area contributed by atoms with E-state index in [0.29, 0.717) is 39.7 Å². The lowest BCUT2D eigenvalue weighted by Crippen LogP contribution is -2.10. The Morgan fingerprint density at radius 3 is 2.47 bits per heavy atom. The number of carbonyl (C=O) groups is 1. The van der Waals surface area contributed by atoms with Crippen LogP contribution in [0.3, 0.4) is 0 Å². The van der Waals surface area contributed by atoms with Crippen molar-refractivity contribution in [3.8, 4) is 17.0 Å². The van der Waals surface area contributed by atoms with Gasteiger partial charge < -0.3 is 9.47 Å². The molecular weight excluding hydrogens is 491 g/mol. The summed E-state index contributed by atoms with van der Waals surface area (Å²) in [5, 5.41) is 0.411. The fraction of sp³-hybridized carbons (Fsp3) is 0.286. The first-order valence-corrected chi connectivity index (χ1v) is 12.0. The van der Waals surface area contributed by atoms with Gasteiger partial charge in [0, 0.05) is 11.6 Å². The van der Waals surface area contributed by atoms with Gasteiger partial charge in [0.15, 0.2) is 0 Å². The molecule has 0 saturated heterocycles. The summed E-state index contributed by atoms with van der Waals surface area (Å²) in [6.45, 7) is 4.09. The SMILES string of the molecule is CCCC[C@H](Oc1ccc(C=CC(=O)OCC)c(Cl)c1)c1cccc(-c2ccc(C(F)(F)F)cc2)n1. The van der Waals surface area contributed by atoms with E-state index in [1.165, 1.54) is 18.2 Å². The monoisotopic (exact) mass is 517 g/mol. The van der Waals surface area contributed by atoms with E-state index < -0.39 is 17.7 Å². The Kier molecular flexibility index (Phi) is 9.53. The largest absolute Gasteiger partial charge is 0.484 e. The average molecular weight is 518 g/mol. The molecule has 0 N–H and O–H groups in total. The molecule has 0 bridgehead atoms. The molecule has 0 aliphatic heterocycles. The smallest absolute Gasteiger partial charge is 0.416 e. The Balaban J connectivity index is 1.82. The van der Waals surface area contributed by atoms with Crippen molar-refractivity contribution in [3.05, 3.63) is 88.6 Å². The van der Waals surface area contributed by atoms with Gasteiger partial charge in [0.25, 0.3) is 0 Å². The molecular formula is C28H27ClF3NO3. The van der Waals surface area contributed by atoms with Crippen LogP contribution >= 0.6 is 11.6 Å². The molecule has 1 aromatic heterocycles. The van der Waals surface area contributed by atoms with E-state index >= 15 is 0 Å². The number of halogens is 4. The maximum atomic E-state index is 12.9. The second-order valence-electron chi connectivity index (χ2n) is 8.04. The lowest BCUT2D eigenvalue weighted by atomic mass is 10.1. The van der Waals surface area contributed by atoms with Crippen LogP contribution in [0.15, 0.2) is 66.7 Å². The number of hydrogen-bond donors (Lipinski definition) is 0. The molecule has 0 amide bonds. The molecule has 0 spiro atoms. The van der Waals surface area contributed by atoms with E-state index in [-0.39, 0.29) is 12.7 Å². The normalized spacial score (nSPS) is 12.5. The number of benzene rings is 2. The highest BCUT2D eigenvalue weighted by atomic mass is 35.5. The number of aromatic nitrogens is 1. The van der Waals surface area contributed by atoms with Crippen molar-refractivity contribution in [2.24, 2.45) is 0 Å². The summed E-state index contributed by atoms with van der Waals surface area (Å²) in [7, 11) is 0. The maximum Gasteiger partial charge on any atom is 0.416 e. The van der Waals surface area contributed by atoms with Crippen molar-refractivity contribution in [3.63, 3.8) is 0 Å². The molecule has 0 unspecified atom stereocenters. The minimum absolute atomic E-state index is 0.289. The molecule has 1 atom stereocenters. The molecule has 2 aromatic carbocycles. The predicted molar refractivity (Wildman–Crippen MR) is 135 cm³/mol. The number of alkyl halides is 3. The van der Waals surface area contributed by atoms with Crippen molar-refractivity contribution < 1.29 is 27.4 Å². The van der Waals surface area contributed by atoms with Gasteiger partial charge in [0.05, 0.1) is 28.6 Å². The van der Waals surface area contributed by atoms with Crippen LogP contribution in [0.25, 0.3) is 17.3 Å². The third-order valence-corrected chi connectivity index (χ3v) is 5.69. The summed E-state index contributed by atoms with van der Waals surface area (Å²) >= 11 is 6.39. The summed E-state index contributed by atoms with van der Waals surface area (Å²) < 4.78 is 49.9. The fourth-order valence-corrected chi connectivity index (χ4v) is 3.74. The van der Waals surface area contributed by atoms with Crippen LogP contribution in [0.2, 0.25) is 5.02 Å². The first-order chi connectivity index (χ1) is 17.2. The Labute approximate surface area is 213 Å². The summed E-state index contributed by atoms with van der Waals surface area (Å²) in [6.07, 6.45) is 0.665. The van der Waals surface area contributed by atoms with Crippen molar-refractivity contribution in [2.45, 2.75) is 45.4 Å². The fourth-order valence-electron chi connectivity index (χ4n) is 3.51. The summed E-state index contributed by atoms with van der Waals surface area (Å²) in [6, 6.07) is 15.5. The van der Waals surface area contributed by atoms with Gasteiger partial charge >= 0.3 is 12.1 Å². The van der Waals surface area contributed by atoms with E-state index in [1.54, 1.807) is 37.3 Å². The minimum Gasteiger partial charge on any atom is -0.484 e. The van der Waals surface area contributed by atoms with Gasteiger partial charge in [-0.05, 0) is 73.9 Å². The number of ether oxygens (including phenoxy) is 2. The average Bonchev–Trinajstić information content (AvgIpc) is 2.86. The predicted octanol–water partition coefficient (Wildman–Crippen LogP) is 8.31. The van der Waals surface area contributed by atoms with Gasteiger partial charge in [-0.2, -0.15) is 13.2 Å². The Morgan fingerprint density at radius 2 is 1.83 bits per heavy atom. The molecule has 3 rings (SSSR count). The zero-order valence-electron chi connectivity index (χ0n) is 20.0. The van der Waals surface area contributed by atoms with Gasteiger partial charge in [-0.15, -0.1) is 0 Å². The van der Waals surface area contributed by atoms with Gasteiger partial charge in [0.2, 0.25) is 0 Å². The molecule has 1 heterocycles. The maximum absolute atomic E-state index is 12.9. The molecule has 0 aliphatic carbocycles. The molecule has 3 aromatic rings. The second kappa shape index (κ2) is 12.6.